The number of nitrogens with zero attached hydrogens (tertiary/aromatic N) is 3. The van der Waals surface area contributed by atoms with Gasteiger partial charge in [-0.1, -0.05) is 6.07 Å². The molecule has 1 aliphatic heterocycles. The summed E-state index contributed by atoms with van der Waals surface area (Å²) in [7, 11) is 0. The van der Waals surface area contributed by atoms with Crippen LogP contribution in [0.25, 0.3) is 0 Å². The second-order valence-corrected chi connectivity index (χ2v) is 5.56. The SMILES string of the molecule is O=Cc1cccc(Br)c1OCc1nnc2n1CCCC2. The van der Waals surface area contributed by atoms with Crippen molar-refractivity contribution in [1.29, 1.82) is 0 Å². The molecule has 0 aliphatic carbocycles. The lowest BCUT2D eigenvalue weighted by Crippen LogP contribution is -2.14. The molecule has 1 aromatic carbocycles. The molecule has 0 amide bonds. The molecule has 0 radical (unpaired) electrons. The van der Waals surface area contributed by atoms with Crippen molar-refractivity contribution in [2.24, 2.45) is 0 Å². The van der Waals surface area contributed by atoms with Gasteiger partial charge in [0.2, 0.25) is 0 Å². The highest BCUT2D eigenvalue weighted by molar-refractivity contribution is 9.10. The van der Waals surface area contributed by atoms with Gasteiger partial charge in [-0.3, -0.25) is 4.79 Å². The summed E-state index contributed by atoms with van der Waals surface area (Å²) in [5.74, 6) is 2.39. The zero-order valence-corrected chi connectivity index (χ0v) is 12.5. The Morgan fingerprint density at radius 1 is 1.35 bits per heavy atom. The molecule has 104 valence electrons. The second-order valence-electron chi connectivity index (χ2n) is 4.71. The van der Waals surface area contributed by atoms with Crippen molar-refractivity contribution >= 4 is 22.2 Å². The van der Waals surface area contributed by atoms with Gasteiger partial charge >= 0.3 is 0 Å². The predicted molar refractivity (Wildman–Crippen MR) is 76.8 cm³/mol. The van der Waals surface area contributed by atoms with Gasteiger partial charge in [-0.05, 0) is 40.9 Å². The zero-order valence-electron chi connectivity index (χ0n) is 10.9. The van der Waals surface area contributed by atoms with E-state index in [1.807, 2.05) is 6.07 Å². The number of fused-ring (bicyclic) bond motifs is 1. The van der Waals surface area contributed by atoms with Crippen molar-refractivity contribution < 1.29 is 9.53 Å². The summed E-state index contributed by atoms with van der Waals surface area (Å²) in [6, 6.07) is 5.38. The van der Waals surface area contributed by atoms with Gasteiger partial charge in [-0.15, -0.1) is 10.2 Å². The number of hydrogen-bond acceptors (Lipinski definition) is 4. The Labute approximate surface area is 125 Å². The Bertz CT molecular complexity index is 639. The molecule has 0 fully saturated rings. The molecular formula is C14H14BrN3O2. The van der Waals surface area contributed by atoms with Crippen molar-refractivity contribution in [3.8, 4) is 5.75 Å². The van der Waals surface area contributed by atoms with Crippen molar-refractivity contribution in [2.75, 3.05) is 0 Å². The third kappa shape index (κ3) is 2.47. The highest BCUT2D eigenvalue weighted by atomic mass is 79.9. The van der Waals surface area contributed by atoms with Gasteiger partial charge < -0.3 is 9.30 Å². The quantitative estimate of drug-likeness (QED) is 0.806. The lowest BCUT2D eigenvalue weighted by Gasteiger charge is -2.15. The first-order chi connectivity index (χ1) is 9.79. The second kappa shape index (κ2) is 5.75. The van der Waals surface area contributed by atoms with Gasteiger partial charge in [0, 0.05) is 13.0 Å². The third-order valence-electron chi connectivity index (χ3n) is 3.41. The van der Waals surface area contributed by atoms with E-state index < -0.39 is 0 Å². The number of carbonyl (C=O) groups is 1. The van der Waals surface area contributed by atoms with Crippen LogP contribution in [0.2, 0.25) is 0 Å². The maximum atomic E-state index is 11.0. The Kier molecular flexibility index (Phi) is 3.82. The van der Waals surface area contributed by atoms with Crippen LogP contribution in [0.15, 0.2) is 22.7 Å². The summed E-state index contributed by atoms with van der Waals surface area (Å²) < 4.78 is 8.64. The highest BCUT2D eigenvalue weighted by Gasteiger charge is 2.17. The van der Waals surface area contributed by atoms with Crippen molar-refractivity contribution in [1.82, 2.24) is 14.8 Å². The van der Waals surface area contributed by atoms with Gasteiger partial charge in [0.1, 0.15) is 18.2 Å². The first-order valence-corrected chi connectivity index (χ1v) is 7.36. The molecule has 1 aromatic heterocycles. The summed E-state index contributed by atoms with van der Waals surface area (Å²) in [5.41, 5.74) is 0.526. The van der Waals surface area contributed by atoms with E-state index in [4.69, 9.17) is 4.74 Å². The van der Waals surface area contributed by atoms with Gasteiger partial charge in [-0.2, -0.15) is 0 Å². The number of aromatic nitrogens is 3. The molecule has 5 nitrogen and oxygen atoms in total. The number of para-hydroxylation sites is 1. The molecule has 0 N–H and O–H groups in total. The maximum absolute atomic E-state index is 11.0. The molecule has 2 aromatic rings. The van der Waals surface area contributed by atoms with Crippen LogP contribution < -0.4 is 4.74 Å². The fraction of sp³-hybridized carbons (Fsp3) is 0.357. The van der Waals surface area contributed by atoms with Crippen LogP contribution in [-0.4, -0.2) is 21.1 Å². The van der Waals surface area contributed by atoms with E-state index in [2.05, 4.69) is 30.7 Å². The Morgan fingerprint density at radius 3 is 3.10 bits per heavy atom. The van der Waals surface area contributed by atoms with Gasteiger partial charge in [-0.25, -0.2) is 0 Å². The van der Waals surface area contributed by atoms with E-state index in [-0.39, 0.29) is 0 Å². The number of carbonyl (C=O) groups excluding carboxylic acids is 1. The van der Waals surface area contributed by atoms with Crippen molar-refractivity contribution in [3.63, 3.8) is 0 Å². The lowest BCUT2D eigenvalue weighted by molar-refractivity contribution is 0.111. The first-order valence-electron chi connectivity index (χ1n) is 6.57. The fourth-order valence-electron chi connectivity index (χ4n) is 2.38. The Morgan fingerprint density at radius 2 is 2.25 bits per heavy atom. The predicted octanol–water partition coefficient (Wildman–Crippen LogP) is 2.77. The number of benzene rings is 1. The molecule has 3 rings (SSSR count). The summed E-state index contributed by atoms with van der Waals surface area (Å²) in [5, 5.41) is 8.37. The molecule has 6 heteroatoms. The van der Waals surface area contributed by atoms with Crippen LogP contribution in [0.3, 0.4) is 0 Å². The minimum Gasteiger partial charge on any atom is -0.484 e. The van der Waals surface area contributed by atoms with Gasteiger partial charge in [0.05, 0.1) is 10.0 Å². The molecule has 0 saturated carbocycles. The molecule has 20 heavy (non-hydrogen) atoms. The number of hydrogen-bond donors (Lipinski definition) is 0. The van der Waals surface area contributed by atoms with E-state index in [0.717, 1.165) is 41.8 Å². The Balaban J connectivity index is 1.80. The largest absolute Gasteiger partial charge is 0.484 e. The minimum absolute atomic E-state index is 0.316. The summed E-state index contributed by atoms with van der Waals surface area (Å²) in [4.78, 5) is 11.0. The van der Waals surface area contributed by atoms with E-state index in [1.165, 1.54) is 6.42 Å². The van der Waals surface area contributed by atoms with Crippen molar-refractivity contribution in [3.05, 3.63) is 39.9 Å². The summed E-state index contributed by atoms with van der Waals surface area (Å²) >= 11 is 3.40. The van der Waals surface area contributed by atoms with E-state index in [1.54, 1.807) is 12.1 Å². The average Bonchev–Trinajstić information content (AvgIpc) is 2.89. The zero-order chi connectivity index (χ0) is 13.9. The van der Waals surface area contributed by atoms with E-state index in [9.17, 15) is 4.79 Å². The minimum atomic E-state index is 0.316. The summed E-state index contributed by atoms with van der Waals surface area (Å²) in [6.07, 6.45) is 4.08. The van der Waals surface area contributed by atoms with Crippen LogP contribution in [-0.2, 0) is 19.6 Å². The molecule has 0 saturated heterocycles. The molecular weight excluding hydrogens is 322 g/mol. The maximum Gasteiger partial charge on any atom is 0.171 e. The smallest absolute Gasteiger partial charge is 0.171 e. The van der Waals surface area contributed by atoms with E-state index >= 15 is 0 Å². The molecule has 1 aliphatic rings. The monoisotopic (exact) mass is 335 g/mol. The Hall–Kier alpha value is -1.69. The van der Waals surface area contributed by atoms with Crippen LogP contribution in [0.4, 0.5) is 0 Å². The lowest BCUT2D eigenvalue weighted by atomic mass is 10.2. The van der Waals surface area contributed by atoms with Crippen LogP contribution in [0, 0.1) is 0 Å². The van der Waals surface area contributed by atoms with E-state index in [0.29, 0.717) is 17.9 Å². The van der Waals surface area contributed by atoms with Gasteiger partial charge in [0.25, 0.3) is 0 Å². The topological polar surface area (TPSA) is 57.0 Å². The van der Waals surface area contributed by atoms with Crippen LogP contribution >= 0.6 is 15.9 Å². The number of aldehydes is 1. The van der Waals surface area contributed by atoms with Crippen LogP contribution in [0.1, 0.15) is 34.8 Å². The summed E-state index contributed by atoms with van der Waals surface area (Å²) in [6.45, 7) is 1.26. The molecule has 0 atom stereocenters. The third-order valence-corrected chi connectivity index (χ3v) is 4.03. The molecule has 0 bridgehead atoms. The fourth-order valence-corrected chi connectivity index (χ4v) is 2.88. The average molecular weight is 336 g/mol. The standard InChI is InChI=1S/C14H14BrN3O2/c15-11-5-3-4-10(8-19)14(11)20-9-13-17-16-12-6-1-2-7-18(12)13/h3-5,8H,1-2,6-7,9H2. The van der Waals surface area contributed by atoms with Crippen LogP contribution in [0.5, 0.6) is 5.75 Å². The molecule has 2 heterocycles. The number of ether oxygens (including phenoxy) is 1. The normalized spacial score (nSPS) is 13.8. The number of rotatable bonds is 4. The number of aryl methyl sites for hydroxylation is 1. The first kappa shape index (κ1) is 13.3. The highest BCUT2D eigenvalue weighted by Crippen LogP contribution is 2.28. The van der Waals surface area contributed by atoms with Gasteiger partial charge in [0.15, 0.2) is 12.1 Å². The molecule has 0 unspecified atom stereocenters. The molecule has 0 spiro atoms. The number of halogens is 1. The van der Waals surface area contributed by atoms with Crippen molar-refractivity contribution in [2.45, 2.75) is 32.4 Å².